The van der Waals surface area contributed by atoms with E-state index in [-0.39, 0.29) is 61.2 Å². The quantitative estimate of drug-likeness (QED) is 0.125. The lowest BCUT2D eigenvalue weighted by molar-refractivity contribution is -0.163. The van der Waals surface area contributed by atoms with E-state index in [2.05, 4.69) is 34.4 Å². The fourth-order valence-electron chi connectivity index (χ4n) is 7.64. The molecule has 3 aliphatic rings. The zero-order chi connectivity index (χ0) is 35.0. The van der Waals surface area contributed by atoms with Gasteiger partial charge in [0.2, 0.25) is 17.7 Å². The highest BCUT2D eigenvalue weighted by molar-refractivity contribution is 9.09. The molecule has 264 valence electrons. The maximum Gasteiger partial charge on any atom is 0.313 e. The first-order valence-electron chi connectivity index (χ1n) is 16.9. The van der Waals surface area contributed by atoms with Gasteiger partial charge in [-0.1, -0.05) is 71.8 Å². The number of benzene rings is 1. The summed E-state index contributed by atoms with van der Waals surface area (Å²) in [4.78, 5) is 59.1. The van der Waals surface area contributed by atoms with E-state index in [9.17, 15) is 24.3 Å². The molecule has 12 heteroatoms. The third-order valence-electron chi connectivity index (χ3n) is 9.70. The first kappa shape index (κ1) is 37.8. The van der Waals surface area contributed by atoms with Crippen LogP contribution in [0.5, 0.6) is 0 Å². The molecule has 1 aromatic carbocycles. The first-order chi connectivity index (χ1) is 23.1. The molecule has 3 fully saturated rings. The van der Waals surface area contributed by atoms with E-state index >= 15 is 0 Å². The maximum atomic E-state index is 14.5. The number of esters is 1. The lowest BCUT2D eigenvalue weighted by Crippen LogP contribution is -2.58. The van der Waals surface area contributed by atoms with Gasteiger partial charge in [0.05, 0.1) is 30.6 Å². The minimum atomic E-state index is -1.27. The van der Waals surface area contributed by atoms with Crippen molar-refractivity contribution in [1.82, 2.24) is 15.1 Å². The molecule has 1 aromatic rings. The van der Waals surface area contributed by atoms with E-state index in [1.54, 1.807) is 29.2 Å². The van der Waals surface area contributed by atoms with Gasteiger partial charge < -0.3 is 34.4 Å². The fourth-order valence-corrected chi connectivity index (χ4v) is 8.58. The van der Waals surface area contributed by atoms with E-state index in [0.29, 0.717) is 24.9 Å². The number of fused-ring (bicyclic) bond motifs is 1. The van der Waals surface area contributed by atoms with Crippen LogP contribution in [0.3, 0.4) is 0 Å². The molecule has 0 aromatic heterocycles. The van der Waals surface area contributed by atoms with Crippen molar-refractivity contribution in [3.63, 3.8) is 0 Å². The van der Waals surface area contributed by atoms with Crippen molar-refractivity contribution in [2.45, 2.75) is 93.1 Å². The second kappa shape index (κ2) is 17.0. The van der Waals surface area contributed by atoms with E-state index in [4.69, 9.17) is 14.2 Å². The van der Waals surface area contributed by atoms with Crippen molar-refractivity contribution in [2.24, 2.45) is 11.8 Å². The molecular formula is C36H50BrN3O8. The van der Waals surface area contributed by atoms with Crippen LogP contribution in [0.1, 0.15) is 64.0 Å². The Balaban J connectivity index is 1.72. The number of likely N-dealkylation sites (tertiary alicyclic amines) is 1. The van der Waals surface area contributed by atoms with Crippen LogP contribution in [0.4, 0.5) is 0 Å². The first-order valence-corrected chi connectivity index (χ1v) is 17.8. The number of aliphatic hydroxyl groups excluding tert-OH is 1. The van der Waals surface area contributed by atoms with Crippen LogP contribution in [0.15, 0.2) is 55.6 Å². The number of ether oxygens (including phenoxy) is 3. The molecule has 2 N–H and O–H groups in total. The molecule has 3 amide bonds. The van der Waals surface area contributed by atoms with Gasteiger partial charge >= 0.3 is 5.97 Å². The van der Waals surface area contributed by atoms with Gasteiger partial charge in [-0.15, -0.1) is 13.2 Å². The Morgan fingerprint density at radius 3 is 2.60 bits per heavy atom. The Kier molecular flexibility index (Phi) is 13.4. The summed E-state index contributed by atoms with van der Waals surface area (Å²) in [5, 5.41) is 12.7. The summed E-state index contributed by atoms with van der Waals surface area (Å²) in [6.07, 6.45) is 4.60. The Labute approximate surface area is 292 Å². The highest BCUT2D eigenvalue weighted by Gasteiger charge is 2.77. The third kappa shape index (κ3) is 7.56. The average molecular weight is 733 g/mol. The number of rotatable bonds is 19. The van der Waals surface area contributed by atoms with Crippen LogP contribution in [0.2, 0.25) is 0 Å². The number of nitrogens with one attached hydrogen (secondary N) is 1. The van der Waals surface area contributed by atoms with Crippen LogP contribution in [-0.2, 0) is 33.4 Å². The van der Waals surface area contributed by atoms with E-state index < -0.39 is 47.7 Å². The second-order valence-corrected chi connectivity index (χ2v) is 14.1. The Hall–Kier alpha value is -3.06. The largest absolute Gasteiger partial charge is 0.455 e. The van der Waals surface area contributed by atoms with Crippen molar-refractivity contribution in [3.05, 3.63) is 61.2 Å². The van der Waals surface area contributed by atoms with Gasteiger partial charge in [0.15, 0.2) is 0 Å². The number of alkyl halides is 1. The van der Waals surface area contributed by atoms with E-state index in [1.165, 1.54) is 12.0 Å². The van der Waals surface area contributed by atoms with Crippen LogP contribution in [-0.4, -0.2) is 107 Å². The third-order valence-corrected chi connectivity index (χ3v) is 10.5. The topological polar surface area (TPSA) is 135 Å². The normalized spacial score (nSPS) is 27.6. The monoisotopic (exact) mass is 731 g/mol. The highest BCUT2D eigenvalue weighted by Crippen LogP contribution is 2.60. The highest BCUT2D eigenvalue weighted by atomic mass is 79.9. The van der Waals surface area contributed by atoms with Gasteiger partial charge in [-0.25, -0.2) is 0 Å². The van der Waals surface area contributed by atoms with Crippen LogP contribution in [0.25, 0.3) is 0 Å². The van der Waals surface area contributed by atoms with E-state index in [0.717, 1.165) is 12.8 Å². The molecule has 11 nitrogen and oxygen atoms in total. The minimum absolute atomic E-state index is 0.0607. The minimum Gasteiger partial charge on any atom is -0.455 e. The molecule has 3 saturated heterocycles. The molecule has 9 atom stereocenters. The van der Waals surface area contributed by atoms with Gasteiger partial charge in [0, 0.05) is 44.1 Å². The number of amides is 3. The molecule has 0 radical (unpaired) electrons. The Morgan fingerprint density at radius 1 is 1.25 bits per heavy atom. The van der Waals surface area contributed by atoms with Gasteiger partial charge in [-0.3, -0.25) is 19.2 Å². The maximum absolute atomic E-state index is 14.5. The number of nitrogens with zero attached hydrogens (tertiary/aromatic N) is 2. The molecule has 1 spiro atoms. The predicted molar refractivity (Wildman–Crippen MR) is 184 cm³/mol. The standard InChI is InChI=1S/C36H50BrN3O8/c1-6-9-17-27(42)38-26(22-46-5)30(24-15-11-10-12-16-24)47-35(45)28-29-33(43)40(19-13-20-41)32(36(29)21-25(37)31(28)48-36)34(44)39(18-8-3)23(4)14-7-2/h6,8,10-12,15-16,23,25-26,28-32,41H,1,3,7,9,13-14,17-22H2,2,4-5H3,(H,38,42)/t23?,25?,26-,28-,29+,30-,31-,32-,36+/m0/s1. The van der Waals surface area contributed by atoms with Crippen LogP contribution in [0, 0.1) is 11.8 Å². The summed E-state index contributed by atoms with van der Waals surface area (Å²) >= 11 is 3.72. The molecule has 0 aliphatic carbocycles. The predicted octanol–water partition coefficient (Wildman–Crippen LogP) is 3.70. The Morgan fingerprint density at radius 2 is 1.98 bits per heavy atom. The summed E-state index contributed by atoms with van der Waals surface area (Å²) < 4.78 is 18.4. The molecule has 4 rings (SSSR count). The summed E-state index contributed by atoms with van der Waals surface area (Å²) in [5.41, 5.74) is -0.628. The fraction of sp³-hybridized carbons (Fsp3) is 0.611. The second-order valence-electron chi connectivity index (χ2n) is 12.9. The zero-order valence-electron chi connectivity index (χ0n) is 28.2. The van der Waals surface area contributed by atoms with Crippen molar-refractivity contribution < 1.29 is 38.5 Å². The van der Waals surface area contributed by atoms with Crippen LogP contribution < -0.4 is 5.32 Å². The van der Waals surface area contributed by atoms with Gasteiger partial charge in [-0.2, -0.15) is 0 Å². The molecule has 0 saturated carbocycles. The molecule has 3 heterocycles. The number of halogens is 1. The molecule has 48 heavy (non-hydrogen) atoms. The van der Waals surface area contributed by atoms with Crippen molar-refractivity contribution in [1.29, 1.82) is 0 Å². The lowest BCUT2D eigenvalue weighted by Gasteiger charge is -2.39. The number of allylic oxidation sites excluding steroid dienone is 1. The Bertz CT molecular complexity index is 1310. The number of methoxy groups -OCH3 is 1. The lowest BCUT2D eigenvalue weighted by atomic mass is 9.70. The average Bonchev–Trinajstić information content (AvgIpc) is 3.67. The van der Waals surface area contributed by atoms with Crippen molar-refractivity contribution >= 4 is 39.6 Å². The summed E-state index contributed by atoms with van der Waals surface area (Å²) in [7, 11) is 1.50. The zero-order valence-corrected chi connectivity index (χ0v) is 29.8. The molecule has 2 unspecified atom stereocenters. The number of aliphatic hydroxyl groups is 1. The summed E-state index contributed by atoms with van der Waals surface area (Å²) in [6.45, 7) is 11.9. The van der Waals surface area contributed by atoms with Gasteiger partial charge in [0.1, 0.15) is 17.7 Å². The van der Waals surface area contributed by atoms with Gasteiger partial charge in [0.25, 0.3) is 0 Å². The molecule has 2 bridgehead atoms. The smallest absolute Gasteiger partial charge is 0.313 e. The molecular weight excluding hydrogens is 682 g/mol. The molecule has 3 aliphatic heterocycles. The number of carbonyl (C=O) groups excluding carboxylic acids is 4. The van der Waals surface area contributed by atoms with E-state index in [1.807, 2.05) is 32.0 Å². The van der Waals surface area contributed by atoms with Crippen molar-refractivity contribution in [2.75, 3.05) is 33.4 Å². The van der Waals surface area contributed by atoms with Gasteiger partial charge in [-0.05, 0) is 38.2 Å². The van der Waals surface area contributed by atoms with Crippen molar-refractivity contribution in [3.8, 4) is 0 Å². The SMILES string of the molecule is C=CCCC(=O)N[C@@H](COC)[C@@H](OC(=O)[C@@H]1[C@H]2O[C@@]3(CC2Br)[C@H](C(=O)N(CC=C)C(C)CCC)N(CCCO)C(=O)[C@@H]13)c1ccccc1. The number of carbonyl (C=O) groups is 4. The number of hydrogen-bond donors (Lipinski definition) is 2. The number of hydrogen-bond acceptors (Lipinski definition) is 8. The summed E-state index contributed by atoms with van der Waals surface area (Å²) in [5.74, 6) is -3.51. The van der Waals surface area contributed by atoms with Crippen LogP contribution >= 0.6 is 15.9 Å². The summed E-state index contributed by atoms with van der Waals surface area (Å²) in [6, 6.07) is 7.25.